The van der Waals surface area contributed by atoms with Gasteiger partial charge in [0.1, 0.15) is 5.75 Å². The Morgan fingerprint density at radius 2 is 1.90 bits per heavy atom. The maximum absolute atomic E-state index is 12.1. The highest BCUT2D eigenvalue weighted by Gasteiger charge is 2.09. The Bertz CT molecular complexity index is 944. The third kappa shape index (κ3) is 6.58. The summed E-state index contributed by atoms with van der Waals surface area (Å²) in [6, 6.07) is 12.2. The van der Waals surface area contributed by atoms with E-state index in [1.165, 1.54) is 11.3 Å². The van der Waals surface area contributed by atoms with E-state index in [0.717, 1.165) is 11.4 Å². The number of rotatable bonds is 8. The molecule has 0 unspecified atom stereocenters. The molecule has 3 N–H and O–H groups in total. The molecule has 1 aromatic carbocycles. The Kier molecular flexibility index (Phi) is 7.12. The molecule has 0 saturated carbocycles. The van der Waals surface area contributed by atoms with E-state index >= 15 is 0 Å². The van der Waals surface area contributed by atoms with E-state index in [1.807, 2.05) is 23.6 Å². The van der Waals surface area contributed by atoms with Crippen molar-refractivity contribution in [3.63, 3.8) is 0 Å². The number of amides is 3. The first-order chi connectivity index (χ1) is 14.1. The number of hydrogen-bond donors (Lipinski definition) is 3. The van der Waals surface area contributed by atoms with Crippen LogP contribution in [0.15, 0.2) is 54.0 Å². The van der Waals surface area contributed by atoms with Gasteiger partial charge >= 0.3 is 6.03 Å². The average Bonchev–Trinajstić information content (AvgIpc) is 3.19. The zero-order chi connectivity index (χ0) is 20.5. The van der Waals surface area contributed by atoms with Crippen molar-refractivity contribution in [3.8, 4) is 5.75 Å². The van der Waals surface area contributed by atoms with E-state index in [1.54, 1.807) is 37.6 Å². The van der Waals surface area contributed by atoms with Crippen molar-refractivity contribution < 1.29 is 14.3 Å². The van der Waals surface area contributed by atoms with Gasteiger partial charge in [0.15, 0.2) is 5.13 Å². The first kappa shape index (κ1) is 20.3. The van der Waals surface area contributed by atoms with E-state index in [-0.39, 0.29) is 11.9 Å². The molecule has 29 heavy (non-hydrogen) atoms. The Hall–Kier alpha value is -3.46. The largest absolute Gasteiger partial charge is 0.497 e. The van der Waals surface area contributed by atoms with Crippen LogP contribution in [0.25, 0.3) is 0 Å². The first-order valence-electron chi connectivity index (χ1n) is 8.95. The van der Waals surface area contributed by atoms with E-state index in [9.17, 15) is 9.59 Å². The van der Waals surface area contributed by atoms with Gasteiger partial charge in [-0.1, -0.05) is 6.07 Å². The summed E-state index contributed by atoms with van der Waals surface area (Å²) in [4.78, 5) is 32.6. The Morgan fingerprint density at radius 3 is 2.62 bits per heavy atom. The zero-order valence-corrected chi connectivity index (χ0v) is 16.7. The molecule has 0 bridgehead atoms. The second kappa shape index (κ2) is 10.2. The first-order valence-corrected chi connectivity index (χ1v) is 9.83. The molecule has 0 fully saturated rings. The van der Waals surface area contributed by atoms with Crippen LogP contribution in [0.1, 0.15) is 17.8 Å². The van der Waals surface area contributed by atoms with Crippen LogP contribution in [0.4, 0.5) is 15.6 Å². The molecule has 0 spiro atoms. The third-order valence-electron chi connectivity index (χ3n) is 3.92. The Morgan fingerprint density at radius 1 is 1.07 bits per heavy atom. The minimum absolute atomic E-state index is 0.0737. The second-order valence-electron chi connectivity index (χ2n) is 6.05. The van der Waals surface area contributed by atoms with Crippen molar-refractivity contribution in [2.45, 2.75) is 19.4 Å². The number of pyridine rings is 1. The van der Waals surface area contributed by atoms with Crippen LogP contribution < -0.4 is 20.7 Å². The molecule has 150 valence electrons. The van der Waals surface area contributed by atoms with Gasteiger partial charge in [-0.3, -0.25) is 15.1 Å². The maximum Gasteiger partial charge on any atom is 0.325 e. The summed E-state index contributed by atoms with van der Waals surface area (Å²) in [5.41, 5.74) is 2.20. The topological polar surface area (TPSA) is 105 Å². The van der Waals surface area contributed by atoms with Gasteiger partial charge in [-0.2, -0.15) is 0 Å². The molecule has 9 heteroatoms. The molecular formula is C20H21N5O3S. The number of carbonyl (C=O) groups is 2. The smallest absolute Gasteiger partial charge is 0.325 e. The van der Waals surface area contributed by atoms with Crippen molar-refractivity contribution in [2.24, 2.45) is 0 Å². The van der Waals surface area contributed by atoms with Crippen LogP contribution in [-0.2, 0) is 17.8 Å². The molecule has 0 atom stereocenters. The third-order valence-corrected chi connectivity index (χ3v) is 4.73. The molecule has 2 aromatic heterocycles. The average molecular weight is 411 g/mol. The van der Waals surface area contributed by atoms with Gasteiger partial charge in [0.05, 0.1) is 25.0 Å². The lowest BCUT2D eigenvalue weighted by Gasteiger charge is -2.06. The zero-order valence-electron chi connectivity index (χ0n) is 15.8. The number of nitrogens with one attached hydrogen (secondary N) is 3. The molecule has 0 aliphatic carbocycles. The number of ether oxygens (including phenoxy) is 1. The summed E-state index contributed by atoms with van der Waals surface area (Å²) in [7, 11) is 1.58. The van der Waals surface area contributed by atoms with Crippen molar-refractivity contribution in [3.05, 3.63) is 65.4 Å². The normalized spacial score (nSPS) is 10.2. The highest BCUT2D eigenvalue weighted by atomic mass is 32.1. The fourth-order valence-corrected chi connectivity index (χ4v) is 3.17. The van der Waals surface area contributed by atoms with Crippen LogP contribution >= 0.6 is 11.3 Å². The van der Waals surface area contributed by atoms with Crippen molar-refractivity contribution in [1.29, 1.82) is 0 Å². The molecule has 3 rings (SSSR count). The molecule has 0 aliphatic heterocycles. The minimum atomic E-state index is -0.385. The van der Waals surface area contributed by atoms with Crippen molar-refractivity contribution in [1.82, 2.24) is 15.3 Å². The standard InChI is InChI=1S/C20H21N5O3S/c1-28-17-8-5-14(6-9-17)23-19(27)25-20-24-16(13-29-20)7-10-18(26)22-12-15-4-2-3-11-21-15/h2-6,8-9,11,13H,7,10,12H2,1H3,(H,22,26)(H2,23,24,25,27). The summed E-state index contributed by atoms with van der Waals surface area (Å²) >= 11 is 1.31. The van der Waals surface area contributed by atoms with Gasteiger partial charge < -0.3 is 15.4 Å². The van der Waals surface area contributed by atoms with E-state index in [4.69, 9.17) is 4.74 Å². The molecule has 3 aromatic rings. The van der Waals surface area contributed by atoms with Crippen LogP contribution in [0.5, 0.6) is 5.75 Å². The van der Waals surface area contributed by atoms with Crippen LogP contribution in [0, 0.1) is 0 Å². The molecule has 2 heterocycles. The highest BCUT2D eigenvalue weighted by molar-refractivity contribution is 7.13. The summed E-state index contributed by atoms with van der Waals surface area (Å²) in [5.74, 6) is 0.639. The SMILES string of the molecule is COc1ccc(NC(=O)Nc2nc(CCC(=O)NCc3ccccn3)cs2)cc1. The van der Waals surface area contributed by atoms with Crippen LogP contribution in [0.3, 0.4) is 0 Å². The molecule has 0 aliphatic rings. The summed E-state index contributed by atoms with van der Waals surface area (Å²) < 4.78 is 5.08. The van der Waals surface area contributed by atoms with Crippen molar-refractivity contribution in [2.75, 3.05) is 17.7 Å². The van der Waals surface area contributed by atoms with Gasteiger partial charge in [-0.05, 0) is 42.8 Å². The fraction of sp³-hybridized carbons (Fsp3) is 0.200. The van der Waals surface area contributed by atoms with E-state index in [2.05, 4.69) is 25.9 Å². The van der Waals surface area contributed by atoms with Gasteiger partial charge in [0.25, 0.3) is 0 Å². The minimum Gasteiger partial charge on any atom is -0.497 e. The van der Waals surface area contributed by atoms with Crippen LogP contribution in [0.2, 0.25) is 0 Å². The van der Waals surface area contributed by atoms with Crippen molar-refractivity contribution >= 4 is 34.1 Å². The number of carbonyl (C=O) groups excluding carboxylic acids is 2. The quantitative estimate of drug-likeness (QED) is 0.527. The highest BCUT2D eigenvalue weighted by Crippen LogP contribution is 2.18. The van der Waals surface area contributed by atoms with E-state index in [0.29, 0.717) is 36.0 Å². The number of anilines is 2. The lowest BCUT2D eigenvalue weighted by molar-refractivity contribution is -0.121. The van der Waals surface area contributed by atoms with Crippen LogP contribution in [-0.4, -0.2) is 29.0 Å². The maximum atomic E-state index is 12.1. The van der Waals surface area contributed by atoms with Gasteiger partial charge in [0, 0.05) is 23.7 Å². The number of methoxy groups -OCH3 is 1. The fourth-order valence-electron chi connectivity index (χ4n) is 2.43. The summed E-state index contributed by atoms with van der Waals surface area (Å²) in [6.07, 6.45) is 2.50. The van der Waals surface area contributed by atoms with Gasteiger partial charge in [-0.15, -0.1) is 11.3 Å². The summed E-state index contributed by atoms with van der Waals surface area (Å²) in [6.45, 7) is 0.398. The Labute approximate surface area is 172 Å². The molecular weight excluding hydrogens is 390 g/mol. The number of aromatic nitrogens is 2. The van der Waals surface area contributed by atoms with Gasteiger partial charge in [0.2, 0.25) is 5.91 Å². The molecule has 8 nitrogen and oxygen atoms in total. The number of thiazole rings is 1. The lowest BCUT2D eigenvalue weighted by Crippen LogP contribution is -2.23. The molecule has 0 saturated heterocycles. The predicted molar refractivity (Wildman–Crippen MR) is 112 cm³/mol. The molecule has 0 radical (unpaired) electrons. The number of aryl methyl sites for hydroxylation is 1. The summed E-state index contributed by atoms with van der Waals surface area (Å²) in [5, 5.41) is 10.5. The second-order valence-corrected chi connectivity index (χ2v) is 6.91. The monoisotopic (exact) mass is 411 g/mol. The predicted octanol–water partition coefficient (Wildman–Crippen LogP) is 3.44. The lowest BCUT2D eigenvalue weighted by atomic mass is 10.2. The number of hydrogen-bond acceptors (Lipinski definition) is 6. The number of benzene rings is 1. The number of urea groups is 1. The Balaban J connectivity index is 1.41. The number of nitrogens with zero attached hydrogens (tertiary/aromatic N) is 2. The van der Waals surface area contributed by atoms with Gasteiger partial charge in [-0.25, -0.2) is 9.78 Å². The molecule has 3 amide bonds. The van der Waals surface area contributed by atoms with E-state index < -0.39 is 0 Å².